The average molecular weight is 193 g/mol. The molecule has 3 N–H and O–H groups in total. The van der Waals surface area contributed by atoms with Gasteiger partial charge in [-0.25, -0.2) is 4.98 Å². The van der Waals surface area contributed by atoms with Crippen molar-refractivity contribution in [2.45, 2.75) is 13.0 Å². The maximum absolute atomic E-state index is 5.34. The van der Waals surface area contributed by atoms with Gasteiger partial charge in [-0.05, 0) is 19.1 Å². The first-order valence-electron chi connectivity index (χ1n) is 4.13. The predicted molar refractivity (Wildman–Crippen MR) is 55.4 cm³/mol. The molecule has 0 saturated carbocycles. The van der Waals surface area contributed by atoms with Crippen molar-refractivity contribution in [2.75, 3.05) is 0 Å². The van der Waals surface area contributed by atoms with Gasteiger partial charge in [0.2, 0.25) is 0 Å². The third kappa shape index (κ3) is 1.56. The molecular formula is C9H11N3S. The Balaban J connectivity index is 2.49. The van der Waals surface area contributed by atoms with Crippen molar-refractivity contribution in [1.29, 1.82) is 0 Å². The van der Waals surface area contributed by atoms with Crippen LogP contribution in [0.5, 0.6) is 0 Å². The largest absolute Gasteiger partial charge is 0.271 e. The summed E-state index contributed by atoms with van der Waals surface area (Å²) in [4.78, 5) is 4.46. The van der Waals surface area contributed by atoms with Crippen LogP contribution in [0.15, 0.2) is 24.3 Å². The topological polar surface area (TPSA) is 50.9 Å². The first kappa shape index (κ1) is 8.62. The van der Waals surface area contributed by atoms with E-state index in [2.05, 4.69) is 16.5 Å². The molecule has 0 aliphatic carbocycles. The Morgan fingerprint density at radius 3 is 2.92 bits per heavy atom. The van der Waals surface area contributed by atoms with Crippen LogP contribution in [0, 0.1) is 0 Å². The van der Waals surface area contributed by atoms with Crippen molar-refractivity contribution >= 4 is 21.6 Å². The van der Waals surface area contributed by atoms with Gasteiger partial charge >= 0.3 is 0 Å². The Kier molecular flexibility index (Phi) is 2.26. The Bertz CT molecular complexity index is 377. The first-order valence-corrected chi connectivity index (χ1v) is 4.94. The normalized spacial score (nSPS) is 13.4. The molecular weight excluding hydrogens is 182 g/mol. The minimum Gasteiger partial charge on any atom is -0.271 e. The number of hydrogen-bond donors (Lipinski definition) is 2. The van der Waals surface area contributed by atoms with Crippen molar-refractivity contribution < 1.29 is 0 Å². The summed E-state index contributed by atoms with van der Waals surface area (Å²) in [5.74, 6) is 5.34. The summed E-state index contributed by atoms with van der Waals surface area (Å²) in [5, 5.41) is 1.03. The van der Waals surface area contributed by atoms with Gasteiger partial charge in [-0.3, -0.25) is 11.3 Å². The van der Waals surface area contributed by atoms with Gasteiger partial charge in [-0.15, -0.1) is 11.3 Å². The number of fused-ring (bicyclic) bond motifs is 1. The second-order valence-electron chi connectivity index (χ2n) is 2.91. The Labute approximate surface area is 80.6 Å². The lowest BCUT2D eigenvalue weighted by Crippen LogP contribution is -2.25. The van der Waals surface area contributed by atoms with E-state index in [1.807, 2.05) is 25.1 Å². The predicted octanol–water partition coefficient (Wildman–Crippen LogP) is 1.82. The number of hydrazine groups is 1. The molecule has 3 nitrogen and oxygen atoms in total. The molecule has 0 radical (unpaired) electrons. The van der Waals surface area contributed by atoms with Gasteiger partial charge in [-0.2, -0.15) is 0 Å². The van der Waals surface area contributed by atoms with E-state index in [0.717, 1.165) is 10.5 Å². The molecule has 0 saturated heterocycles. The molecule has 1 heterocycles. The van der Waals surface area contributed by atoms with Crippen LogP contribution in [-0.4, -0.2) is 4.98 Å². The van der Waals surface area contributed by atoms with E-state index in [-0.39, 0.29) is 6.04 Å². The van der Waals surface area contributed by atoms with E-state index in [1.165, 1.54) is 4.70 Å². The van der Waals surface area contributed by atoms with E-state index in [4.69, 9.17) is 5.84 Å². The van der Waals surface area contributed by atoms with Gasteiger partial charge in [0, 0.05) is 0 Å². The zero-order chi connectivity index (χ0) is 9.26. The Morgan fingerprint density at radius 1 is 1.46 bits per heavy atom. The minimum atomic E-state index is 0.123. The molecule has 2 rings (SSSR count). The fraction of sp³-hybridized carbons (Fsp3) is 0.222. The summed E-state index contributed by atoms with van der Waals surface area (Å²) < 4.78 is 1.21. The van der Waals surface area contributed by atoms with E-state index in [1.54, 1.807) is 11.3 Å². The molecule has 1 aromatic heterocycles. The standard InChI is InChI=1S/C9H11N3S/c1-6(12-10)9-11-7-4-2-3-5-8(7)13-9/h2-6,12H,10H2,1H3/t6-/m1/s1. The molecule has 1 aromatic carbocycles. The lowest BCUT2D eigenvalue weighted by atomic mass is 10.3. The molecule has 0 aliphatic rings. The molecule has 0 aliphatic heterocycles. The number of nitrogens with two attached hydrogens (primary N) is 1. The highest BCUT2D eigenvalue weighted by molar-refractivity contribution is 7.18. The van der Waals surface area contributed by atoms with Gasteiger partial charge in [0.15, 0.2) is 0 Å². The Morgan fingerprint density at radius 2 is 2.23 bits per heavy atom. The van der Waals surface area contributed by atoms with E-state index >= 15 is 0 Å². The molecule has 1 atom stereocenters. The van der Waals surface area contributed by atoms with Crippen LogP contribution in [0.3, 0.4) is 0 Å². The molecule has 0 unspecified atom stereocenters. The maximum Gasteiger partial charge on any atom is 0.112 e. The van der Waals surface area contributed by atoms with Gasteiger partial charge in [0.05, 0.1) is 16.3 Å². The average Bonchev–Trinajstić information content (AvgIpc) is 2.59. The maximum atomic E-state index is 5.34. The minimum absolute atomic E-state index is 0.123. The number of benzene rings is 1. The van der Waals surface area contributed by atoms with Crippen LogP contribution in [0.1, 0.15) is 18.0 Å². The molecule has 68 valence electrons. The van der Waals surface area contributed by atoms with E-state index in [9.17, 15) is 0 Å². The quantitative estimate of drug-likeness (QED) is 0.565. The van der Waals surface area contributed by atoms with E-state index < -0.39 is 0 Å². The van der Waals surface area contributed by atoms with Gasteiger partial charge in [0.1, 0.15) is 5.01 Å². The fourth-order valence-corrected chi connectivity index (χ4v) is 2.13. The summed E-state index contributed by atoms with van der Waals surface area (Å²) in [6.45, 7) is 2.00. The third-order valence-corrected chi connectivity index (χ3v) is 3.15. The molecule has 13 heavy (non-hydrogen) atoms. The first-order chi connectivity index (χ1) is 6.31. The summed E-state index contributed by atoms with van der Waals surface area (Å²) in [5.41, 5.74) is 3.74. The second-order valence-corrected chi connectivity index (χ2v) is 3.97. The van der Waals surface area contributed by atoms with Gasteiger partial charge < -0.3 is 0 Å². The van der Waals surface area contributed by atoms with Crippen molar-refractivity contribution in [3.8, 4) is 0 Å². The summed E-state index contributed by atoms with van der Waals surface area (Å²) in [6, 6.07) is 8.22. The summed E-state index contributed by atoms with van der Waals surface area (Å²) >= 11 is 1.68. The van der Waals surface area contributed by atoms with Crippen LogP contribution < -0.4 is 11.3 Å². The smallest absolute Gasteiger partial charge is 0.112 e. The Hall–Kier alpha value is -0.970. The fourth-order valence-electron chi connectivity index (χ4n) is 1.15. The second kappa shape index (κ2) is 3.41. The zero-order valence-corrected chi connectivity index (χ0v) is 8.14. The molecule has 4 heteroatoms. The number of hydrogen-bond acceptors (Lipinski definition) is 4. The highest BCUT2D eigenvalue weighted by Crippen LogP contribution is 2.25. The molecule has 0 fully saturated rings. The van der Waals surface area contributed by atoms with E-state index in [0.29, 0.717) is 0 Å². The summed E-state index contributed by atoms with van der Waals surface area (Å²) in [6.07, 6.45) is 0. The van der Waals surface area contributed by atoms with Crippen molar-refractivity contribution in [2.24, 2.45) is 5.84 Å². The monoisotopic (exact) mass is 193 g/mol. The van der Waals surface area contributed by atoms with Crippen LogP contribution in [-0.2, 0) is 0 Å². The number of nitrogens with one attached hydrogen (secondary N) is 1. The molecule has 2 aromatic rings. The van der Waals surface area contributed by atoms with Crippen LogP contribution in [0.2, 0.25) is 0 Å². The van der Waals surface area contributed by atoms with Gasteiger partial charge in [-0.1, -0.05) is 12.1 Å². The van der Waals surface area contributed by atoms with Crippen LogP contribution >= 0.6 is 11.3 Å². The highest BCUT2D eigenvalue weighted by Gasteiger charge is 2.08. The number of nitrogens with zero attached hydrogens (tertiary/aromatic N) is 1. The van der Waals surface area contributed by atoms with Crippen molar-refractivity contribution in [1.82, 2.24) is 10.4 Å². The highest BCUT2D eigenvalue weighted by atomic mass is 32.1. The number of para-hydroxylation sites is 1. The number of rotatable bonds is 2. The zero-order valence-electron chi connectivity index (χ0n) is 7.32. The van der Waals surface area contributed by atoms with Crippen LogP contribution in [0.25, 0.3) is 10.2 Å². The SMILES string of the molecule is C[C@@H](NN)c1nc2ccccc2s1. The lowest BCUT2D eigenvalue weighted by molar-refractivity contribution is 0.600. The molecule has 0 spiro atoms. The number of aromatic nitrogens is 1. The van der Waals surface area contributed by atoms with Crippen LogP contribution in [0.4, 0.5) is 0 Å². The third-order valence-electron chi connectivity index (χ3n) is 1.93. The number of thiazole rings is 1. The molecule has 0 amide bonds. The van der Waals surface area contributed by atoms with Crippen molar-refractivity contribution in [3.63, 3.8) is 0 Å². The van der Waals surface area contributed by atoms with Crippen molar-refractivity contribution in [3.05, 3.63) is 29.3 Å². The lowest BCUT2D eigenvalue weighted by Gasteiger charge is -2.03. The van der Waals surface area contributed by atoms with Gasteiger partial charge in [0.25, 0.3) is 0 Å². The molecule has 0 bridgehead atoms. The summed E-state index contributed by atoms with van der Waals surface area (Å²) in [7, 11) is 0.